The van der Waals surface area contributed by atoms with Crippen molar-refractivity contribution in [2.75, 3.05) is 25.5 Å². The summed E-state index contributed by atoms with van der Waals surface area (Å²) in [5.74, 6) is -0.722. The van der Waals surface area contributed by atoms with Crippen molar-refractivity contribution < 1.29 is 24.2 Å². The van der Waals surface area contributed by atoms with Crippen molar-refractivity contribution in [2.24, 2.45) is 0 Å². The van der Waals surface area contributed by atoms with Crippen LogP contribution in [0, 0.1) is 0 Å². The number of unbranched alkanes of at least 4 members (excludes halogenated alkanes) is 1. The lowest BCUT2D eigenvalue weighted by molar-refractivity contribution is -0.139. The van der Waals surface area contributed by atoms with Gasteiger partial charge >= 0.3 is 5.97 Å². The van der Waals surface area contributed by atoms with Crippen LogP contribution in [-0.2, 0) is 22.4 Å². The average Bonchev–Trinajstić information content (AvgIpc) is 2.85. The summed E-state index contributed by atoms with van der Waals surface area (Å²) in [7, 11) is 1.43. The molecule has 34 heavy (non-hydrogen) atoms. The number of nitrogens with zero attached hydrogens (tertiary/aromatic N) is 2. The second kappa shape index (κ2) is 12.5. The van der Waals surface area contributed by atoms with Crippen LogP contribution in [0.2, 0.25) is 0 Å². The highest BCUT2D eigenvalue weighted by atomic mass is 16.5. The van der Waals surface area contributed by atoms with Crippen molar-refractivity contribution in [1.82, 2.24) is 20.6 Å². The molecule has 3 rings (SSSR count). The van der Waals surface area contributed by atoms with Gasteiger partial charge < -0.3 is 25.8 Å². The van der Waals surface area contributed by atoms with Gasteiger partial charge in [0.15, 0.2) is 0 Å². The van der Waals surface area contributed by atoms with Crippen LogP contribution in [-0.4, -0.2) is 59.1 Å². The molecule has 2 aromatic heterocycles. The first kappa shape index (κ1) is 24.9. The number of carbonyl (C=O) groups excluding carboxylic acids is 2. The minimum atomic E-state index is -1.18. The van der Waals surface area contributed by atoms with Gasteiger partial charge in [0.1, 0.15) is 17.6 Å². The van der Waals surface area contributed by atoms with Crippen LogP contribution < -0.4 is 20.7 Å². The lowest BCUT2D eigenvalue weighted by Crippen LogP contribution is -2.43. The molecule has 0 radical (unpaired) electrons. The third-order valence-corrected chi connectivity index (χ3v) is 5.56. The summed E-state index contributed by atoms with van der Waals surface area (Å²) in [5, 5.41) is 17.9. The van der Waals surface area contributed by atoms with E-state index in [2.05, 4.69) is 32.0 Å². The van der Waals surface area contributed by atoms with Gasteiger partial charge in [-0.2, -0.15) is 0 Å². The normalized spacial score (nSPS) is 13.2. The third kappa shape index (κ3) is 7.43. The van der Waals surface area contributed by atoms with Crippen LogP contribution in [0.5, 0.6) is 5.88 Å². The Morgan fingerprint density at radius 3 is 2.82 bits per heavy atom. The number of anilines is 1. The second-order valence-corrected chi connectivity index (χ2v) is 8.12. The molecule has 1 atom stereocenters. The fraction of sp³-hybridized carbons (Fsp3) is 0.458. The first-order valence-corrected chi connectivity index (χ1v) is 11.5. The highest BCUT2D eigenvalue weighted by Gasteiger charge is 2.21. The van der Waals surface area contributed by atoms with Crippen LogP contribution in [0.25, 0.3) is 0 Å². The lowest BCUT2D eigenvalue weighted by atomic mass is 10.1. The van der Waals surface area contributed by atoms with Gasteiger partial charge in [-0.1, -0.05) is 12.1 Å². The molecule has 0 aliphatic carbocycles. The molecule has 0 bridgehead atoms. The van der Waals surface area contributed by atoms with Crippen LogP contribution in [0.15, 0.2) is 30.3 Å². The van der Waals surface area contributed by atoms with Crippen molar-refractivity contribution in [3.63, 3.8) is 0 Å². The first-order valence-electron chi connectivity index (χ1n) is 11.5. The predicted molar refractivity (Wildman–Crippen MR) is 126 cm³/mol. The molecule has 182 valence electrons. The maximum atomic E-state index is 12.3. The molecule has 10 nitrogen and oxygen atoms in total. The number of rotatable bonds is 12. The molecule has 4 N–H and O–H groups in total. The number of carboxylic acid groups (broad SMARTS) is 1. The summed E-state index contributed by atoms with van der Waals surface area (Å²) in [6.07, 6.45) is 4.93. The fourth-order valence-corrected chi connectivity index (χ4v) is 3.69. The van der Waals surface area contributed by atoms with E-state index >= 15 is 0 Å². The topological polar surface area (TPSA) is 143 Å². The number of hydrogen-bond acceptors (Lipinski definition) is 7. The Hall–Kier alpha value is -3.69. The Bertz CT molecular complexity index is 1010. The van der Waals surface area contributed by atoms with E-state index in [9.17, 15) is 19.5 Å². The summed E-state index contributed by atoms with van der Waals surface area (Å²) in [6.45, 7) is 1.09. The SMILES string of the molecule is COc1cccc(C(=O)NC(CCNC(=O)CCCCc2ccc3c(n2)NCCC3)C(=O)O)n1. The van der Waals surface area contributed by atoms with Crippen LogP contribution in [0.4, 0.5) is 5.82 Å². The molecule has 2 amide bonds. The molecule has 1 aliphatic rings. The Kier molecular flexibility index (Phi) is 9.19. The predicted octanol–water partition coefficient (Wildman–Crippen LogP) is 1.95. The smallest absolute Gasteiger partial charge is 0.326 e. The zero-order valence-corrected chi connectivity index (χ0v) is 19.3. The Labute approximate surface area is 198 Å². The zero-order chi connectivity index (χ0) is 24.3. The highest BCUT2D eigenvalue weighted by Crippen LogP contribution is 2.20. The Morgan fingerprint density at radius 2 is 2.03 bits per heavy atom. The number of hydrogen-bond donors (Lipinski definition) is 4. The van der Waals surface area contributed by atoms with Gasteiger partial charge in [0, 0.05) is 31.3 Å². The number of carbonyl (C=O) groups is 3. The zero-order valence-electron chi connectivity index (χ0n) is 19.3. The fourth-order valence-electron chi connectivity index (χ4n) is 3.69. The van der Waals surface area contributed by atoms with E-state index in [1.807, 2.05) is 6.07 Å². The number of nitrogens with one attached hydrogen (secondary N) is 3. The van der Waals surface area contributed by atoms with Crippen molar-refractivity contribution in [3.05, 3.63) is 47.3 Å². The van der Waals surface area contributed by atoms with E-state index in [0.29, 0.717) is 12.8 Å². The van der Waals surface area contributed by atoms with Gasteiger partial charge in [0.05, 0.1) is 7.11 Å². The van der Waals surface area contributed by atoms with Gasteiger partial charge in [-0.25, -0.2) is 14.8 Å². The molecular weight excluding hydrogens is 438 g/mol. The summed E-state index contributed by atoms with van der Waals surface area (Å²) in [6, 6.07) is 7.67. The minimum absolute atomic E-state index is 0.0545. The van der Waals surface area contributed by atoms with Crippen LogP contribution >= 0.6 is 0 Å². The Balaban J connectivity index is 1.35. The summed E-state index contributed by atoms with van der Waals surface area (Å²) < 4.78 is 4.97. The van der Waals surface area contributed by atoms with Gasteiger partial charge in [0.25, 0.3) is 5.91 Å². The highest BCUT2D eigenvalue weighted by molar-refractivity contribution is 5.95. The standard InChI is InChI=1S/C24H31N5O5/c1-34-21-10-4-8-18(28-21)23(31)29-19(24(32)33)13-15-25-20(30)9-3-2-7-17-12-11-16-6-5-14-26-22(16)27-17/h4,8,10-12,19H,2-3,5-7,9,13-15H2,1H3,(H,25,30)(H,26,27)(H,29,31)(H,32,33). The third-order valence-electron chi connectivity index (χ3n) is 5.56. The van der Waals surface area contributed by atoms with E-state index in [4.69, 9.17) is 4.74 Å². The number of amides is 2. The lowest BCUT2D eigenvalue weighted by Gasteiger charge is -2.17. The maximum Gasteiger partial charge on any atom is 0.326 e. The number of aliphatic carboxylic acids is 1. The first-order chi connectivity index (χ1) is 16.5. The molecule has 1 unspecified atom stereocenters. The quantitative estimate of drug-likeness (QED) is 0.346. The Morgan fingerprint density at radius 1 is 1.18 bits per heavy atom. The summed E-state index contributed by atoms with van der Waals surface area (Å²) in [4.78, 5) is 44.6. The van der Waals surface area contributed by atoms with E-state index in [-0.39, 0.29) is 30.4 Å². The average molecular weight is 470 g/mol. The van der Waals surface area contributed by atoms with Gasteiger partial charge in [-0.15, -0.1) is 0 Å². The largest absolute Gasteiger partial charge is 0.481 e. The van der Waals surface area contributed by atoms with Gasteiger partial charge in [-0.3, -0.25) is 9.59 Å². The number of carboxylic acids is 1. The molecule has 3 heterocycles. The van der Waals surface area contributed by atoms with E-state index < -0.39 is 17.9 Å². The molecule has 0 saturated carbocycles. The number of aromatic nitrogens is 2. The van der Waals surface area contributed by atoms with Crippen molar-refractivity contribution in [2.45, 2.75) is 51.0 Å². The monoisotopic (exact) mass is 469 g/mol. The maximum absolute atomic E-state index is 12.3. The molecule has 0 spiro atoms. The molecular formula is C24H31N5O5. The van der Waals surface area contributed by atoms with Crippen LogP contribution in [0.3, 0.4) is 0 Å². The van der Waals surface area contributed by atoms with Crippen LogP contribution in [0.1, 0.15) is 53.8 Å². The van der Waals surface area contributed by atoms with Gasteiger partial charge in [-0.05, 0) is 56.2 Å². The second-order valence-electron chi connectivity index (χ2n) is 8.12. The van der Waals surface area contributed by atoms with Crippen molar-refractivity contribution in [3.8, 4) is 5.88 Å². The van der Waals surface area contributed by atoms with E-state index in [1.165, 1.54) is 18.7 Å². The number of ether oxygens (including phenoxy) is 1. The van der Waals surface area contributed by atoms with Crippen molar-refractivity contribution >= 4 is 23.6 Å². The number of fused-ring (bicyclic) bond motifs is 1. The number of pyridine rings is 2. The minimum Gasteiger partial charge on any atom is -0.481 e. The summed E-state index contributed by atoms with van der Waals surface area (Å²) in [5.41, 5.74) is 2.32. The number of aryl methyl sites for hydroxylation is 2. The number of methoxy groups -OCH3 is 1. The molecule has 0 saturated heterocycles. The molecule has 0 fully saturated rings. The van der Waals surface area contributed by atoms with Crippen molar-refractivity contribution in [1.29, 1.82) is 0 Å². The molecule has 2 aromatic rings. The van der Waals surface area contributed by atoms with E-state index in [1.54, 1.807) is 12.1 Å². The molecule has 0 aromatic carbocycles. The van der Waals surface area contributed by atoms with E-state index in [0.717, 1.165) is 43.7 Å². The molecule has 1 aliphatic heterocycles. The summed E-state index contributed by atoms with van der Waals surface area (Å²) >= 11 is 0. The molecule has 10 heteroatoms. The van der Waals surface area contributed by atoms with Gasteiger partial charge in [0.2, 0.25) is 11.8 Å².